The molecule has 6 heteroatoms. The van der Waals surface area contributed by atoms with Gasteiger partial charge in [-0.05, 0) is 44.0 Å². The molecule has 0 saturated carbocycles. The summed E-state index contributed by atoms with van der Waals surface area (Å²) in [6.07, 6.45) is 0.845. The van der Waals surface area contributed by atoms with Crippen LogP contribution in [0.3, 0.4) is 0 Å². The summed E-state index contributed by atoms with van der Waals surface area (Å²) in [5, 5.41) is 0.424. The van der Waals surface area contributed by atoms with E-state index < -0.39 is 5.82 Å². The molecule has 2 unspecified atom stereocenters. The number of hydrogen-bond donors (Lipinski definition) is 2. The third-order valence-electron chi connectivity index (χ3n) is 4.29. The van der Waals surface area contributed by atoms with E-state index in [1.165, 1.54) is 24.3 Å². The number of fused-ring (bicyclic) bond motifs is 1. The fourth-order valence-corrected chi connectivity index (χ4v) is 3.15. The Labute approximate surface area is 126 Å². The minimum atomic E-state index is -0.442. The fraction of sp³-hybridized carbons (Fsp3) is 0.375. The van der Waals surface area contributed by atoms with Gasteiger partial charge in [-0.3, -0.25) is 9.59 Å². The van der Waals surface area contributed by atoms with E-state index in [9.17, 15) is 14.0 Å². The Morgan fingerprint density at radius 1 is 1.45 bits per heavy atom. The Bertz CT molecular complexity index is 787. The lowest BCUT2D eigenvalue weighted by atomic mass is 10.1. The van der Waals surface area contributed by atoms with Crippen LogP contribution in [-0.2, 0) is 0 Å². The molecule has 1 saturated heterocycles. The van der Waals surface area contributed by atoms with Crippen LogP contribution in [0.15, 0.2) is 29.1 Å². The van der Waals surface area contributed by atoms with Gasteiger partial charge >= 0.3 is 0 Å². The maximum atomic E-state index is 13.5. The molecule has 1 amide bonds. The van der Waals surface area contributed by atoms with Crippen LogP contribution in [0, 0.1) is 11.7 Å². The lowest BCUT2D eigenvalue weighted by Crippen LogP contribution is -2.35. The van der Waals surface area contributed by atoms with Crippen LogP contribution < -0.4 is 11.3 Å². The van der Waals surface area contributed by atoms with Gasteiger partial charge in [0.2, 0.25) is 5.56 Å². The summed E-state index contributed by atoms with van der Waals surface area (Å²) < 4.78 is 13.5. The van der Waals surface area contributed by atoms with E-state index in [0.717, 1.165) is 6.42 Å². The monoisotopic (exact) mass is 303 g/mol. The molecule has 1 aromatic heterocycles. The van der Waals surface area contributed by atoms with E-state index >= 15 is 0 Å². The SMILES string of the molecule is CC1CC(CN)CN1C(=O)c1cc(=O)[nH]c2ccc(F)cc12. The summed E-state index contributed by atoms with van der Waals surface area (Å²) in [4.78, 5) is 28.9. The second kappa shape index (κ2) is 5.53. The first kappa shape index (κ1) is 14.7. The molecule has 0 bridgehead atoms. The van der Waals surface area contributed by atoms with Gasteiger partial charge in [-0.25, -0.2) is 4.39 Å². The van der Waals surface area contributed by atoms with Crippen molar-refractivity contribution >= 4 is 16.8 Å². The molecule has 0 radical (unpaired) electrons. The Kier molecular flexibility index (Phi) is 3.70. The molecule has 22 heavy (non-hydrogen) atoms. The molecule has 116 valence electrons. The molecule has 1 aliphatic rings. The number of aromatic amines is 1. The fourth-order valence-electron chi connectivity index (χ4n) is 3.15. The number of aromatic nitrogens is 1. The topological polar surface area (TPSA) is 79.2 Å². The Hall–Kier alpha value is -2.21. The lowest BCUT2D eigenvalue weighted by molar-refractivity contribution is 0.0745. The van der Waals surface area contributed by atoms with E-state index in [1.807, 2.05) is 6.92 Å². The molecule has 2 aromatic rings. The molecular weight excluding hydrogens is 285 g/mol. The number of carbonyl (C=O) groups excluding carboxylic acids is 1. The van der Waals surface area contributed by atoms with Gasteiger partial charge in [-0.2, -0.15) is 0 Å². The highest BCUT2D eigenvalue weighted by molar-refractivity contribution is 6.06. The number of amides is 1. The quantitative estimate of drug-likeness (QED) is 0.882. The molecule has 1 aromatic carbocycles. The van der Waals surface area contributed by atoms with Crippen molar-refractivity contribution in [2.75, 3.05) is 13.1 Å². The summed E-state index contributed by atoms with van der Waals surface area (Å²) in [6.45, 7) is 3.06. The largest absolute Gasteiger partial charge is 0.336 e. The summed E-state index contributed by atoms with van der Waals surface area (Å²) in [5.41, 5.74) is 6.01. The van der Waals surface area contributed by atoms with Crippen molar-refractivity contribution in [1.29, 1.82) is 0 Å². The van der Waals surface area contributed by atoms with Gasteiger partial charge in [0.05, 0.1) is 5.56 Å². The Balaban J connectivity index is 2.07. The third-order valence-corrected chi connectivity index (χ3v) is 4.29. The van der Waals surface area contributed by atoms with Gasteiger partial charge in [0.15, 0.2) is 0 Å². The summed E-state index contributed by atoms with van der Waals surface area (Å²) in [5.74, 6) is -0.419. The molecule has 5 nitrogen and oxygen atoms in total. The first-order chi connectivity index (χ1) is 10.5. The van der Waals surface area contributed by atoms with Crippen molar-refractivity contribution in [3.63, 3.8) is 0 Å². The smallest absolute Gasteiger partial charge is 0.254 e. The Morgan fingerprint density at radius 3 is 2.91 bits per heavy atom. The molecule has 0 aliphatic carbocycles. The molecule has 1 fully saturated rings. The number of H-pyrrole nitrogens is 1. The van der Waals surface area contributed by atoms with E-state index in [0.29, 0.717) is 24.0 Å². The molecule has 3 rings (SSSR count). The number of likely N-dealkylation sites (tertiary alicyclic amines) is 1. The number of carbonyl (C=O) groups is 1. The first-order valence-electron chi connectivity index (χ1n) is 7.33. The zero-order valence-electron chi connectivity index (χ0n) is 12.3. The number of nitrogens with one attached hydrogen (secondary N) is 1. The highest BCUT2D eigenvalue weighted by Gasteiger charge is 2.32. The maximum Gasteiger partial charge on any atom is 0.254 e. The number of rotatable bonds is 2. The summed E-state index contributed by atoms with van der Waals surface area (Å²) >= 11 is 0. The molecule has 2 heterocycles. The minimum absolute atomic E-state index is 0.0592. The Morgan fingerprint density at radius 2 is 2.23 bits per heavy atom. The lowest BCUT2D eigenvalue weighted by Gasteiger charge is -2.22. The predicted molar refractivity (Wildman–Crippen MR) is 82.2 cm³/mol. The summed E-state index contributed by atoms with van der Waals surface area (Å²) in [6, 6.07) is 5.31. The van der Waals surface area contributed by atoms with E-state index in [-0.39, 0.29) is 29.0 Å². The van der Waals surface area contributed by atoms with Crippen LogP contribution in [0.25, 0.3) is 10.9 Å². The first-order valence-corrected chi connectivity index (χ1v) is 7.33. The molecule has 2 atom stereocenters. The second-order valence-corrected chi connectivity index (χ2v) is 5.88. The van der Waals surface area contributed by atoms with Gasteiger partial charge < -0.3 is 15.6 Å². The number of nitrogens with zero attached hydrogens (tertiary/aromatic N) is 1. The maximum absolute atomic E-state index is 13.5. The van der Waals surface area contributed by atoms with Crippen molar-refractivity contribution in [2.24, 2.45) is 11.7 Å². The van der Waals surface area contributed by atoms with Crippen molar-refractivity contribution in [2.45, 2.75) is 19.4 Å². The van der Waals surface area contributed by atoms with Crippen LogP contribution >= 0.6 is 0 Å². The van der Waals surface area contributed by atoms with Crippen LogP contribution in [0.1, 0.15) is 23.7 Å². The average Bonchev–Trinajstić information content (AvgIpc) is 2.87. The normalized spacial score (nSPS) is 21.5. The highest BCUT2D eigenvalue weighted by atomic mass is 19.1. The number of benzene rings is 1. The zero-order valence-corrected chi connectivity index (χ0v) is 12.3. The van der Waals surface area contributed by atoms with Crippen LogP contribution in [0.5, 0.6) is 0 Å². The molecule has 1 aliphatic heterocycles. The van der Waals surface area contributed by atoms with Gasteiger partial charge in [-0.1, -0.05) is 0 Å². The van der Waals surface area contributed by atoms with E-state index in [4.69, 9.17) is 5.73 Å². The van der Waals surface area contributed by atoms with Gasteiger partial charge in [-0.15, -0.1) is 0 Å². The molecule has 0 spiro atoms. The highest BCUT2D eigenvalue weighted by Crippen LogP contribution is 2.26. The van der Waals surface area contributed by atoms with Crippen molar-refractivity contribution < 1.29 is 9.18 Å². The number of pyridine rings is 1. The second-order valence-electron chi connectivity index (χ2n) is 5.88. The van der Waals surface area contributed by atoms with Crippen molar-refractivity contribution in [3.8, 4) is 0 Å². The van der Waals surface area contributed by atoms with Crippen LogP contribution in [0.4, 0.5) is 4.39 Å². The van der Waals surface area contributed by atoms with Gasteiger partial charge in [0.1, 0.15) is 5.82 Å². The van der Waals surface area contributed by atoms with Gasteiger partial charge in [0, 0.05) is 29.6 Å². The standard InChI is InChI=1S/C16H18FN3O2/c1-9-4-10(7-18)8-20(9)16(22)13-6-15(21)19-14-3-2-11(17)5-12(13)14/h2-3,5-6,9-10H,4,7-8,18H2,1H3,(H,19,21). The van der Waals surface area contributed by atoms with Crippen LogP contribution in [0.2, 0.25) is 0 Å². The number of hydrogen-bond acceptors (Lipinski definition) is 3. The summed E-state index contributed by atoms with van der Waals surface area (Å²) in [7, 11) is 0. The third kappa shape index (κ3) is 2.50. The number of halogens is 1. The predicted octanol–water partition coefficient (Wildman–Crippen LogP) is 1.48. The van der Waals surface area contributed by atoms with Gasteiger partial charge in [0.25, 0.3) is 5.91 Å². The molecule has 3 N–H and O–H groups in total. The number of nitrogens with two attached hydrogens (primary N) is 1. The molecular formula is C16H18FN3O2. The average molecular weight is 303 g/mol. The zero-order chi connectivity index (χ0) is 15.9. The van der Waals surface area contributed by atoms with E-state index in [1.54, 1.807) is 4.90 Å². The van der Waals surface area contributed by atoms with Crippen molar-refractivity contribution in [1.82, 2.24) is 9.88 Å². The van der Waals surface area contributed by atoms with Crippen LogP contribution in [-0.4, -0.2) is 34.9 Å². The van der Waals surface area contributed by atoms with E-state index in [2.05, 4.69) is 4.98 Å². The van der Waals surface area contributed by atoms with Crippen molar-refractivity contribution in [3.05, 3.63) is 46.0 Å². The minimum Gasteiger partial charge on any atom is -0.336 e.